The summed E-state index contributed by atoms with van der Waals surface area (Å²) in [6.45, 7) is 15.7. The first-order valence-electron chi connectivity index (χ1n) is 9.13. The SMILES string of the molecule is CC1CCC(NCC(C(C)C)N2CCN(C)CC2)C(C)C1. The first-order valence-corrected chi connectivity index (χ1v) is 9.13. The predicted octanol–water partition coefficient (Wildman–Crippen LogP) is 2.67. The van der Waals surface area contributed by atoms with E-state index >= 15 is 0 Å². The number of nitrogens with one attached hydrogen (secondary N) is 1. The maximum absolute atomic E-state index is 3.93. The zero-order chi connectivity index (χ0) is 15.4. The highest BCUT2D eigenvalue weighted by atomic mass is 15.3. The van der Waals surface area contributed by atoms with E-state index in [9.17, 15) is 0 Å². The number of likely N-dealkylation sites (N-methyl/N-ethyl adjacent to an activating group) is 1. The third-order valence-electron chi connectivity index (χ3n) is 5.80. The quantitative estimate of drug-likeness (QED) is 0.841. The van der Waals surface area contributed by atoms with Crippen LogP contribution in [0.15, 0.2) is 0 Å². The maximum Gasteiger partial charge on any atom is 0.0244 e. The number of hydrogen-bond acceptors (Lipinski definition) is 3. The van der Waals surface area contributed by atoms with E-state index < -0.39 is 0 Å². The van der Waals surface area contributed by atoms with E-state index in [0.717, 1.165) is 23.8 Å². The lowest BCUT2D eigenvalue weighted by atomic mass is 9.79. The van der Waals surface area contributed by atoms with Gasteiger partial charge in [-0.15, -0.1) is 0 Å². The molecule has 1 heterocycles. The molecule has 3 nitrogen and oxygen atoms in total. The number of nitrogens with zero attached hydrogens (tertiary/aromatic N) is 2. The monoisotopic (exact) mass is 295 g/mol. The number of piperazine rings is 1. The summed E-state index contributed by atoms with van der Waals surface area (Å²) in [5, 5.41) is 3.93. The van der Waals surface area contributed by atoms with Gasteiger partial charge in [-0.1, -0.05) is 27.7 Å². The van der Waals surface area contributed by atoms with Crippen LogP contribution in [-0.4, -0.2) is 61.7 Å². The number of hydrogen-bond donors (Lipinski definition) is 1. The van der Waals surface area contributed by atoms with E-state index in [-0.39, 0.29) is 0 Å². The molecule has 2 rings (SSSR count). The van der Waals surface area contributed by atoms with Gasteiger partial charge in [-0.2, -0.15) is 0 Å². The van der Waals surface area contributed by atoms with Crippen LogP contribution in [-0.2, 0) is 0 Å². The lowest BCUT2D eigenvalue weighted by Crippen LogP contribution is -2.55. The molecule has 1 aliphatic carbocycles. The van der Waals surface area contributed by atoms with E-state index in [0.29, 0.717) is 6.04 Å². The zero-order valence-corrected chi connectivity index (χ0v) is 14.9. The van der Waals surface area contributed by atoms with Crippen LogP contribution in [0.25, 0.3) is 0 Å². The summed E-state index contributed by atoms with van der Waals surface area (Å²) in [7, 11) is 2.24. The Bertz CT molecular complexity index is 297. The molecular weight excluding hydrogens is 258 g/mol. The van der Waals surface area contributed by atoms with E-state index in [1.807, 2.05) is 0 Å². The Hall–Kier alpha value is -0.120. The molecule has 2 aliphatic rings. The molecule has 2 fully saturated rings. The molecule has 0 aromatic carbocycles. The molecule has 0 spiro atoms. The molecule has 0 bridgehead atoms. The van der Waals surface area contributed by atoms with Gasteiger partial charge >= 0.3 is 0 Å². The molecule has 1 N–H and O–H groups in total. The highest BCUT2D eigenvalue weighted by Crippen LogP contribution is 2.28. The second kappa shape index (κ2) is 7.94. The lowest BCUT2D eigenvalue weighted by Gasteiger charge is -2.41. The summed E-state index contributed by atoms with van der Waals surface area (Å²) >= 11 is 0. The minimum Gasteiger partial charge on any atom is -0.312 e. The molecule has 21 heavy (non-hydrogen) atoms. The highest BCUT2D eigenvalue weighted by Gasteiger charge is 2.28. The van der Waals surface area contributed by atoms with Crippen molar-refractivity contribution in [3.05, 3.63) is 0 Å². The van der Waals surface area contributed by atoms with Crippen molar-refractivity contribution in [1.82, 2.24) is 15.1 Å². The van der Waals surface area contributed by atoms with E-state index in [2.05, 4.69) is 49.9 Å². The smallest absolute Gasteiger partial charge is 0.0244 e. The summed E-state index contributed by atoms with van der Waals surface area (Å²) in [5.41, 5.74) is 0. The summed E-state index contributed by atoms with van der Waals surface area (Å²) in [5.74, 6) is 2.50. The van der Waals surface area contributed by atoms with Crippen LogP contribution >= 0.6 is 0 Å². The van der Waals surface area contributed by atoms with Crippen molar-refractivity contribution in [1.29, 1.82) is 0 Å². The minimum absolute atomic E-state index is 0.699. The molecule has 0 aromatic heterocycles. The van der Waals surface area contributed by atoms with E-state index in [4.69, 9.17) is 0 Å². The first-order chi connectivity index (χ1) is 9.97. The van der Waals surface area contributed by atoms with Crippen molar-refractivity contribution in [2.75, 3.05) is 39.8 Å². The van der Waals surface area contributed by atoms with Gasteiger partial charge in [-0.05, 0) is 44.1 Å². The number of rotatable bonds is 5. The van der Waals surface area contributed by atoms with Gasteiger partial charge < -0.3 is 10.2 Å². The van der Waals surface area contributed by atoms with Crippen LogP contribution in [0.2, 0.25) is 0 Å². The first kappa shape index (κ1) is 17.2. The average molecular weight is 296 g/mol. The van der Waals surface area contributed by atoms with Crippen LogP contribution in [0.3, 0.4) is 0 Å². The fraction of sp³-hybridized carbons (Fsp3) is 1.00. The highest BCUT2D eigenvalue weighted by molar-refractivity contribution is 4.86. The normalized spacial score (nSPS) is 34.3. The van der Waals surface area contributed by atoms with Crippen molar-refractivity contribution in [3.8, 4) is 0 Å². The largest absolute Gasteiger partial charge is 0.312 e. The zero-order valence-electron chi connectivity index (χ0n) is 14.9. The Morgan fingerprint density at radius 2 is 1.71 bits per heavy atom. The summed E-state index contributed by atoms with van der Waals surface area (Å²) < 4.78 is 0. The van der Waals surface area contributed by atoms with Gasteiger partial charge in [0.15, 0.2) is 0 Å². The fourth-order valence-electron chi connectivity index (χ4n) is 4.18. The molecule has 124 valence electrons. The molecule has 1 aliphatic heterocycles. The van der Waals surface area contributed by atoms with Gasteiger partial charge in [0, 0.05) is 44.8 Å². The van der Waals surface area contributed by atoms with Crippen LogP contribution < -0.4 is 5.32 Å². The van der Waals surface area contributed by atoms with Crippen molar-refractivity contribution in [3.63, 3.8) is 0 Å². The third-order valence-corrected chi connectivity index (χ3v) is 5.80. The average Bonchev–Trinajstić information content (AvgIpc) is 2.42. The Kier molecular flexibility index (Phi) is 6.51. The standard InChI is InChI=1S/C18H37N3/c1-14(2)18(21-10-8-20(5)9-11-21)13-19-17-7-6-15(3)12-16(17)4/h14-19H,6-13H2,1-5H3. The van der Waals surface area contributed by atoms with Gasteiger partial charge in [0.25, 0.3) is 0 Å². The van der Waals surface area contributed by atoms with Gasteiger partial charge in [0.2, 0.25) is 0 Å². The van der Waals surface area contributed by atoms with Crippen LogP contribution in [0.5, 0.6) is 0 Å². The van der Waals surface area contributed by atoms with Crippen LogP contribution in [0.4, 0.5) is 0 Å². The Morgan fingerprint density at radius 1 is 1.05 bits per heavy atom. The Morgan fingerprint density at radius 3 is 2.29 bits per heavy atom. The second-order valence-electron chi connectivity index (χ2n) is 8.06. The molecule has 3 heteroatoms. The maximum atomic E-state index is 3.93. The second-order valence-corrected chi connectivity index (χ2v) is 8.06. The van der Waals surface area contributed by atoms with Gasteiger partial charge in [-0.3, -0.25) is 4.90 Å². The molecular formula is C18H37N3. The topological polar surface area (TPSA) is 18.5 Å². The lowest BCUT2D eigenvalue weighted by molar-refractivity contribution is 0.0822. The van der Waals surface area contributed by atoms with E-state index in [1.54, 1.807) is 0 Å². The fourth-order valence-corrected chi connectivity index (χ4v) is 4.18. The molecule has 0 aromatic rings. The Balaban J connectivity index is 1.82. The van der Waals surface area contributed by atoms with Crippen LogP contribution in [0, 0.1) is 17.8 Å². The molecule has 0 amide bonds. The summed E-state index contributed by atoms with van der Waals surface area (Å²) in [4.78, 5) is 5.17. The molecule has 1 saturated carbocycles. The van der Waals surface area contributed by atoms with Crippen molar-refractivity contribution < 1.29 is 0 Å². The molecule has 4 atom stereocenters. The summed E-state index contributed by atoms with van der Waals surface area (Å²) in [6.07, 6.45) is 4.18. The van der Waals surface area contributed by atoms with Crippen molar-refractivity contribution in [2.45, 2.75) is 59.0 Å². The van der Waals surface area contributed by atoms with Gasteiger partial charge in [0.1, 0.15) is 0 Å². The van der Waals surface area contributed by atoms with E-state index in [1.165, 1.54) is 52.0 Å². The minimum atomic E-state index is 0.699. The third kappa shape index (κ3) is 4.94. The van der Waals surface area contributed by atoms with Gasteiger partial charge in [-0.25, -0.2) is 0 Å². The van der Waals surface area contributed by atoms with Crippen molar-refractivity contribution in [2.24, 2.45) is 17.8 Å². The van der Waals surface area contributed by atoms with Gasteiger partial charge in [0.05, 0.1) is 0 Å². The molecule has 4 unspecified atom stereocenters. The van der Waals surface area contributed by atoms with Crippen LogP contribution in [0.1, 0.15) is 47.0 Å². The molecule has 1 saturated heterocycles. The Labute approximate surface area is 132 Å². The predicted molar refractivity (Wildman–Crippen MR) is 91.7 cm³/mol. The summed E-state index contributed by atoms with van der Waals surface area (Å²) in [6, 6.07) is 1.44. The molecule has 0 radical (unpaired) electrons. The van der Waals surface area contributed by atoms with Crippen molar-refractivity contribution >= 4 is 0 Å².